The molecule has 0 heterocycles. The smallest absolute Gasteiger partial charge is 0.422 e. The van der Waals surface area contributed by atoms with Crippen LogP contribution in [0.3, 0.4) is 0 Å². The highest BCUT2D eigenvalue weighted by atomic mass is 19.4. The lowest BCUT2D eigenvalue weighted by atomic mass is 10.1. The average Bonchev–Trinajstić information content (AvgIpc) is 2.81. The highest BCUT2D eigenvalue weighted by Crippen LogP contribution is 2.38. The monoisotopic (exact) mass is 590 g/mol. The van der Waals surface area contributed by atoms with Crippen LogP contribution in [0.2, 0.25) is 0 Å². The van der Waals surface area contributed by atoms with Gasteiger partial charge in [-0.1, -0.05) is 0 Å². The van der Waals surface area contributed by atoms with Crippen LogP contribution in [0, 0.1) is 34.9 Å². The molecule has 0 bridgehead atoms. The fraction of sp³-hybridized carbons (Fsp3) is 0.273. The van der Waals surface area contributed by atoms with Crippen molar-refractivity contribution in [2.75, 3.05) is 13.2 Å². The summed E-state index contributed by atoms with van der Waals surface area (Å²) in [5.74, 6) is -18.3. The Kier molecular flexibility index (Phi) is 10.1. The van der Waals surface area contributed by atoms with Gasteiger partial charge in [0.15, 0.2) is 23.1 Å². The Balaban J connectivity index is 1.98. The molecule has 0 saturated carbocycles. The molecule has 0 saturated heterocycles. The number of halogens is 14. The first-order chi connectivity index (χ1) is 18.0. The van der Waals surface area contributed by atoms with Gasteiger partial charge in [-0.25, -0.2) is 26.3 Å². The van der Waals surface area contributed by atoms with Crippen LogP contribution in [0.4, 0.5) is 61.5 Å². The molecule has 216 valence electrons. The second-order valence-corrected chi connectivity index (χ2v) is 7.16. The highest BCUT2D eigenvalue weighted by molar-refractivity contribution is 5.35. The van der Waals surface area contributed by atoms with Crippen molar-refractivity contribution in [2.24, 2.45) is 0 Å². The van der Waals surface area contributed by atoms with Gasteiger partial charge in [0.25, 0.3) is 0 Å². The molecule has 0 atom stereocenters. The summed E-state index contributed by atoms with van der Waals surface area (Å²) in [7, 11) is 0. The molecule has 0 aliphatic heterocycles. The van der Waals surface area contributed by atoms with Gasteiger partial charge in [0.05, 0.1) is 13.2 Å². The molecule has 0 fully saturated rings. The maximum Gasteiger partial charge on any atom is 0.422 e. The number of alkyl halides is 6. The molecule has 0 amide bonds. The van der Waals surface area contributed by atoms with Crippen molar-refractivity contribution in [2.45, 2.75) is 25.2 Å². The van der Waals surface area contributed by atoms with E-state index in [1.807, 2.05) is 0 Å². The van der Waals surface area contributed by atoms with Crippen molar-refractivity contribution in [3.8, 4) is 11.5 Å². The maximum atomic E-state index is 13.8. The molecular formula is C22H12F14O3. The Hall–Kier alpha value is -3.66. The molecule has 2 aromatic carbocycles. The normalized spacial score (nSPS) is 13.1. The van der Waals surface area contributed by atoms with E-state index in [4.69, 9.17) is 4.74 Å². The molecule has 0 aliphatic carbocycles. The van der Waals surface area contributed by atoms with Crippen molar-refractivity contribution >= 4 is 0 Å². The van der Waals surface area contributed by atoms with E-state index in [1.165, 1.54) is 0 Å². The maximum absolute atomic E-state index is 13.8. The number of ether oxygens (including phenoxy) is 3. The molecule has 2 rings (SSSR count). The lowest BCUT2D eigenvalue weighted by Crippen LogP contribution is -2.14. The summed E-state index contributed by atoms with van der Waals surface area (Å²) in [5, 5.41) is 0. The van der Waals surface area contributed by atoms with Gasteiger partial charge in [-0.3, -0.25) is 0 Å². The Morgan fingerprint density at radius 1 is 0.590 bits per heavy atom. The molecule has 0 spiro atoms. The van der Waals surface area contributed by atoms with Gasteiger partial charge in [-0.2, -0.15) is 35.1 Å². The third kappa shape index (κ3) is 7.69. The van der Waals surface area contributed by atoms with Gasteiger partial charge < -0.3 is 14.2 Å². The summed E-state index contributed by atoms with van der Waals surface area (Å²) in [6, 6.07) is -0.228. The van der Waals surface area contributed by atoms with Gasteiger partial charge in [0.1, 0.15) is 46.9 Å². The SMILES string of the molecule is FC=C(CCOc1cc(F)c(C(F)(F)F)c(F)c1F)OC(=CF)CCOc1cc(F)c(C(F)(F)F)c(F)c1F. The average molecular weight is 590 g/mol. The molecular weight excluding hydrogens is 578 g/mol. The second-order valence-electron chi connectivity index (χ2n) is 7.16. The van der Waals surface area contributed by atoms with Crippen molar-refractivity contribution in [1.82, 2.24) is 0 Å². The Morgan fingerprint density at radius 3 is 1.21 bits per heavy atom. The van der Waals surface area contributed by atoms with E-state index in [2.05, 4.69) is 9.47 Å². The molecule has 0 N–H and O–H groups in total. The van der Waals surface area contributed by atoms with Crippen LogP contribution in [0.25, 0.3) is 0 Å². The third-order valence-electron chi connectivity index (χ3n) is 4.53. The minimum atomic E-state index is -5.56. The van der Waals surface area contributed by atoms with Crippen LogP contribution in [0.15, 0.2) is 36.3 Å². The Bertz CT molecular complexity index is 1150. The van der Waals surface area contributed by atoms with E-state index in [0.29, 0.717) is 0 Å². The largest absolute Gasteiger partial charge is 0.490 e. The summed E-state index contributed by atoms with van der Waals surface area (Å²) in [6.45, 7) is -1.75. The number of rotatable bonds is 10. The van der Waals surface area contributed by atoms with Crippen LogP contribution in [-0.2, 0) is 17.1 Å². The number of benzene rings is 2. The molecule has 39 heavy (non-hydrogen) atoms. The fourth-order valence-corrected chi connectivity index (χ4v) is 2.82. The van der Waals surface area contributed by atoms with Gasteiger partial charge in [0, 0.05) is 25.0 Å². The van der Waals surface area contributed by atoms with Crippen molar-refractivity contribution in [3.05, 3.63) is 82.3 Å². The molecule has 2 aromatic rings. The zero-order valence-corrected chi connectivity index (χ0v) is 18.7. The van der Waals surface area contributed by atoms with E-state index >= 15 is 0 Å². The summed E-state index contributed by atoms with van der Waals surface area (Å²) in [4.78, 5) is 0. The van der Waals surface area contributed by atoms with E-state index in [1.54, 1.807) is 0 Å². The second kappa shape index (κ2) is 12.5. The summed E-state index contributed by atoms with van der Waals surface area (Å²) in [6.07, 6.45) is -13.2. The number of hydrogen-bond donors (Lipinski definition) is 0. The minimum Gasteiger partial charge on any atom is -0.490 e. The predicted molar refractivity (Wildman–Crippen MR) is 102 cm³/mol. The van der Waals surface area contributed by atoms with Gasteiger partial charge in [0.2, 0.25) is 11.6 Å². The van der Waals surface area contributed by atoms with Gasteiger partial charge in [-0.05, 0) is 0 Å². The van der Waals surface area contributed by atoms with Gasteiger partial charge in [-0.15, -0.1) is 0 Å². The first-order valence-electron chi connectivity index (χ1n) is 10.0. The lowest BCUT2D eigenvalue weighted by Gasteiger charge is -2.15. The quantitative estimate of drug-likeness (QED) is 0.158. The topological polar surface area (TPSA) is 27.7 Å². The number of hydrogen-bond acceptors (Lipinski definition) is 3. The lowest BCUT2D eigenvalue weighted by molar-refractivity contribution is -0.143. The van der Waals surface area contributed by atoms with Crippen LogP contribution in [0.5, 0.6) is 11.5 Å². The van der Waals surface area contributed by atoms with Crippen LogP contribution in [-0.4, -0.2) is 13.2 Å². The Morgan fingerprint density at radius 2 is 0.923 bits per heavy atom. The van der Waals surface area contributed by atoms with E-state index < -0.39 is 107 Å². The molecule has 17 heteroatoms. The molecule has 0 aromatic heterocycles. The standard InChI is InChI=1S/C22H12F14O3/c23-7-9(1-3-37-13-5-11(25)15(21(31,32)33)19(29)17(13)27)39-10(8-24)2-4-38-14-6-12(26)16(22(34,35)36)20(30)18(14)28/h5-8H,1-4H2. The van der Waals surface area contributed by atoms with Crippen LogP contribution >= 0.6 is 0 Å². The Labute approximate surface area is 208 Å². The first-order valence-corrected chi connectivity index (χ1v) is 10.0. The zero-order chi connectivity index (χ0) is 29.7. The van der Waals surface area contributed by atoms with E-state index in [9.17, 15) is 61.5 Å². The van der Waals surface area contributed by atoms with Gasteiger partial charge >= 0.3 is 12.4 Å². The summed E-state index contributed by atoms with van der Waals surface area (Å²) in [5.41, 5.74) is -5.02. The van der Waals surface area contributed by atoms with Crippen molar-refractivity contribution < 1.29 is 75.7 Å². The van der Waals surface area contributed by atoms with Crippen LogP contribution in [0.1, 0.15) is 24.0 Å². The summed E-state index contributed by atoms with van der Waals surface area (Å²) < 4.78 is 197. The highest BCUT2D eigenvalue weighted by Gasteiger charge is 2.41. The van der Waals surface area contributed by atoms with E-state index in [-0.39, 0.29) is 24.8 Å². The van der Waals surface area contributed by atoms with Crippen LogP contribution < -0.4 is 9.47 Å². The zero-order valence-electron chi connectivity index (χ0n) is 18.7. The molecule has 0 unspecified atom stereocenters. The predicted octanol–water partition coefficient (Wildman–Crippen LogP) is 8.44. The first kappa shape index (κ1) is 31.6. The molecule has 3 nitrogen and oxygen atoms in total. The molecule has 0 radical (unpaired) electrons. The van der Waals surface area contributed by atoms with E-state index in [0.717, 1.165) is 0 Å². The van der Waals surface area contributed by atoms with Crippen molar-refractivity contribution in [3.63, 3.8) is 0 Å². The minimum absolute atomic E-state index is 0.114. The fourth-order valence-electron chi connectivity index (χ4n) is 2.82. The van der Waals surface area contributed by atoms with Crippen molar-refractivity contribution in [1.29, 1.82) is 0 Å². The summed E-state index contributed by atoms with van der Waals surface area (Å²) >= 11 is 0. The molecule has 0 aliphatic rings. The third-order valence-corrected chi connectivity index (χ3v) is 4.53.